The molecule has 0 radical (unpaired) electrons. The van der Waals surface area contributed by atoms with Crippen molar-refractivity contribution in [2.24, 2.45) is 0 Å². The van der Waals surface area contributed by atoms with Crippen molar-refractivity contribution in [2.75, 3.05) is 6.54 Å². The normalized spacial score (nSPS) is 18.3. The van der Waals surface area contributed by atoms with Crippen molar-refractivity contribution in [1.29, 1.82) is 0 Å². The van der Waals surface area contributed by atoms with Gasteiger partial charge in [0.1, 0.15) is 5.78 Å². The maximum absolute atomic E-state index is 12.4. The van der Waals surface area contributed by atoms with Crippen LogP contribution in [0.1, 0.15) is 21.9 Å². The summed E-state index contributed by atoms with van der Waals surface area (Å²) in [5.41, 5.74) is 2.46. The number of benzene rings is 1. The van der Waals surface area contributed by atoms with E-state index in [0.29, 0.717) is 12.2 Å². The standard InChI is InChI=1S/C15H15NOS/c17-15(8-12-5-3-7-18-12)14-10-16-9-11-4-1-2-6-13(11)14/h1-7,14,16H,8-10H2. The Morgan fingerprint density at radius 1 is 1.28 bits per heavy atom. The molecule has 0 spiro atoms. The first-order valence-corrected chi connectivity index (χ1v) is 7.06. The number of hydrogen-bond donors (Lipinski definition) is 1. The third-order valence-electron chi connectivity index (χ3n) is 3.41. The number of rotatable bonds is 3. The highest BCUT2D eigenvalue weighted by Crippen LogP contribution is 2.26. The summed E-state index contributed by atoms with van der Waals surface area (Å²) >= 11 is 1.66. The summed E-state index contributed by atoms with van der Waals surface area (Å²) in [4.78, 5) is 13.6. The van der Waals surface area contributed by atoms with Crippen LogP contribution in [0.5, 0.6) is 0 Å². The Balaban J connectivity index is 1.83. The molecule has 1 atom stereocenters. The van der Waals surface area contributed by atoms with E-state index in [9.17, 15) is 4.79 Å². The van der Waals surface area contributed by atoms with Gasteiger partial charge in [-0.25, -0.2) is 0 Å². The molecule has 92 valence electrons. The van der Waals surface area contributed by atoms with Crippen LogP contribution in [-0.4, -0.2) is 12.3 Å². The summed E-state index contributed by atoms with van der Waals surface area (Å²) in [5.74, 6) is 0.328. The highest BCUT2D eigenvalue weighted by Gasteiger charge is 2.25. The molecule has 3 heteroatoms. The van der Waals surface area contributed by atoms with E-state index in [0.717, 1.165) is 18.0 Å². The summed E-state index contributed by atoms with van der Waals surface area (Å²) in [5, 5.41) is 5.36. The van der Waals surface area contributed by atoms with Crippen LogP contribution in [-0.2, 0) is 17.8 Å². The van der Waals surface area contributed by atoms with Crippen LogP contribution in [0, 0.1) is 0 Å². The van der Waals surface area contributed by atoms with Gasteiger partial charge in [0.25, 0.3) is 0 Å². The number of ketones is 1. The van der Waals surface area contributed by atoms with E-state index in [-0.39, 0.29) is 5.92 Å². The largest absolute Gasteiger partial charge is 0.312 e. The van der Waals surface area contributed by atoms with Gasteiger partial charge >= 0.3 is 0 Å². The minimum absolute atomic E-state index is 0.0112. The van der Waals surface area contributed by atoms with Gasteiger partial charge in [0, 0.05) is 24.4 Å². The molecular weight excluding hydrogens is 242 g/mol. The van der Waals surface area contributed by atoms with E-state index in [1.165, 1.54) is 11.1 Å². The first kappa shape index (κ1) is 11.6. The molecule has 2 nitrogen and oxygen atoms in total. The minimum atomic E-state index is 0.0112. The molecule has 2 aromatic rings. The molecular formula is C15H15NOS. The summed E-state index contributed by atoms with van der Waals surface area (Å²) in [6, 6.07) is 12.3. The molecule has 0 saturated heterocycles. The highest BCUT2D eigenvalue weighted by atomic mass is 32.1. The Labute approximate surface area is 111 Å². The van der Waals surface area contributed by atoms with Crippen LogP contribution >= 0.6 is 11.3 Å². The predicted molar refractivity (Wildman–Crippen MR) is 73.9 cm³/mol. The lowest BCUT2D eigenvalue weighted by atomic mass is 9.86. The van der Waals surface area contributed by atoms with Gasteiger partial charge in [-0.2, -0.15) is 0 Å². The van der Waals surface area contributed by atoms with E-state index in [1.807, 2.05) is 29.6 Å². The molecule has 0 saturated carbocycles. The quantitative estimate of drug-likeness (QED) is 0.916. The molecule has 2 heterocycles. The number of hydrogen-bond acceptors (Lipinski definition) is 3. The zero-order valence-corrected chi connectivity index (χ0v) is 10.9. The van der Waals surface area contributed by atoms with Gasteiger partial charge < -0.3 is 5.32 Å². The van der Waals surface area contributed by atoms with Crippen molar-refractivity contribution in [2.45, 2.75) is 18.9 Å². The van der Waals surface area contributed by atoms with E-state index in [1.54, 1.807) is 11.3 Å². The van der Waals surface area contributed by atoms with Crippen molar-refractivity contribution in [3.63, 3.8) is 0 Å². The number of Topliss-reactive ketones (excluding diaryl/α,β-unsaturated/α-hetero) is 1. The van der Waals surface area contributed by atoms with Crippen LogP contribution < -0.4 is 5.32 Å². The monoisotopic (exact) mass is 257 g/mol. The molecule has 0 fully saturated rings. The highest BCUT2D eigenvalue weighted by molar-refractivity contribution is 7.10. The zero-order valence-electron chi connectivity index (χ0n) is 10.1. The van der Waals surface area contributed by atoms with Crippen LogP contribution in [0.15, 0.2) is 41.8 Å². The molecule has 1 N–H and O–H groups in total. The molecule has 0 aliphatic carbocycles. The van der Waals surface area contributed by atoms with Gasteiger partial charge in [-0.1, -0.05) is 30.3 Å². The number of nitrogens with one attached hydrogen (secondary N) is 1. The summed E-state index contributed by atoms with van der Waals surface area (Å²) in [6.45, 7) is 1.64. The SMILES string of the molecule is O=C(Cc1cccs1)C1CNCc2ccccc21. The Kier molecular flexibility index (Phi) is 3.26. The molecule has 0 bridgehead atoms. The number of fused-ring (bicyclic) bond motifs is 1. The summed E-state index contributed by atoms with van der Waals surface area (Å²) in [7, 11) is 0. The molecule has 1 unspecified atom stereocenters. The molecule has 0 amide bonds. The van der Waals surface area contributed by atoms with E-state index in [4.69, 9.17) is 0 Å². The summed E-state index contributed by atoms with van der Waals surface area (Å²) in [6.07, 6.45) is 0.554. The lowest BCUT2D eigenvalue weighted by Gasteiger charge is -2.25. The number of thiophene rings is 1. The van der Waals surface area contributed by atoms with Crippen LogP contribution in [0.2, 0.25) is 0 Å². The van der Waals surface area contributed by atoms with Gasteiger partial charge in [0.2, 0.25) is 0 Å². The topological polar surface area (TPSA) is 29.1 Å². The van der Waals surface area contributed by atoms with Crippen LogP contribution in [0.3, 0.4) is 0 Å². The first-order chi connectivity index (χ1) is 8.84. The Morgan fingerprint density at radius 2 is 2.17 bits per heavy atom. The second-order valence-electron chi connectivity index (χ2n) is 4.60. The molecule has 18 heavy (non-hydrogen) atoms. The third kappa shape index (κ3) is 2.24. The maximum atomic E-state index is 12.4. The van der Waals surface area contributed by atoms with Gasteiger partial charge in [-0.15, -0.1) is 11.3 Å². The lowest BCUT2D eigenvalue weighted by molar-refractivity contribution is -0.119. The fourth-order valence-corrected chi connectivity index (χ4v) is 3.21. The lowest BCUT2D eigenvalue weighted by Crippen LogP contribution is -2.33. The summed E-state index contributed by atoms with van der Waals surface area (Å²) < 4.78 is 0. The molecule has 1 aliphatic rings. The molecule has 1 aromatic carbocycles. The van der Waals surface area contributed by atoms with Crippen molar-refractivity contribution < 1.29 is 4.79 Å². The van der Waals surface area contributed by atoms with E-state index < -0.39 is 0 Å². The van der Waals surface area contributed by atoms with Gasteiger partial charge in [-0.05, 0) is 22.6 Å². The van der Waals surface area contributed by atoms with Gasteiger partial charge in [0.15, 0.2) is 0 Å². The molecule has 3 rings (SSSR count). The van der Waals surface area contributed by atoms with Crippen molar-refractivity contribution in [3.05, 3.63) is 57.8 Å². The smallest absolute Gasteiger partial charge is 0.146 e. The molecule has 1 aromatic heterocycles. The van der Waals surface area contributed by atoms with Crippen LogP contribution in [0.25, 0.3) is 0 Å². The average Bonchev–Trinajstić information content (AvgIpc) is 2.91. The van der Waals surface area contributed by atoms with Crippen molar-refractivity contribution in [3.8, 4) is 0 Å². The fraction of sp³-hybridized carbons (Fsp3) is 0.267. The molecule has 1 aliphatic heterocycles. The van der Waals surface area contributed by atoms with Gasteiger partial charge in [-0.3, -0.25) is 4.79 Å². The Hall–Kier alpha value is -1.45. The van der Waals surface area contributed by atoms with Crippen molar-refractivity contribution in [1.82, 2.24) is 5.32 Å². The zero-order chi connectivity index (χ0) is 12.4. The third-order valence-corrected chi connectivity index (χ3v) is 4.29. The van der Waals surface area contributed by atoms with E-state index in [2.05, 4.69) is 17.4 Å². The number of carbonyl (C=O) groups excluding carboxylic acids is 1. The second-order valence-corrected chi connectivity index (χ2v) is 5.64. The first-order valence-electron chi connectivity index (χ1n) is 6.18. The van der Waals surface area contributed by atoms with Gasteiger partial charge in [0.05, 0.1) is 5.92 Å². The maximum Gasteiger partial charge on any atom is 0.146 e. The van der Waals surface area contributed by atoms with Crippen molar-refractivity contribution >= 4 is 17.1 Å². The number of carbonyl (C=O) groups is 1. The Morgan fingerprint density at radius 3 is 3.00 bits per heavy atom. The van der Waals surface area contributed by atoms with Crippen LogP contribution in [0.4, 0.5) is 0 Å². The average molecular weight is 257 g/mol. The fourth-order valence-electron chi connectivity index (χ4n) is 2.49. The minimum Gasteiger partial charge on any atom is -0.312 e. The predicted octanol–water partition coefficient (Wildman–Crippen LogP) is 2.75. The Bertz CT molecular complexity index is 547. The second kappa shape index (κ2) is 5.04. The van der Waals surface area contributed by atoms with E-state index >= 15 is 0 Å².